The predicted octanol–water partition coefficient (Wildman–Crippen LogP) is 1.50. The van der Waals surface area contributed by atoms with Gasteiger partial charge >= 0.3 is 0 Å². The Hall–Kier alpha value is -0.930. The molecule has 0 fully saturated rings. The lowest BCUT2D eigenvalue weighted by molar-refractivity contribution is -0.0162. The quantitative estimate of drug-likeness (QED) is 0.143. The minimum Gasteiger partial charge on any atom is -0.379 e. The highest BCUT2D eigenvalue weighted by molar-refractivity contribution is 4.44. The lowest BCUT2D eigenvalue weighted by Gasteiger charge is -2.08. The fourth-order valence-electron chi connectivity index (χ4n) is 1.44. The molecule has 0 spiro atoms. The van der Waals surface area contributed by atoms with Crippen molar-refractivity contribution in [1.82, 2.24) is 0 Å². The maximum atomic E-state index is 8.06. The molecular weight excluding hydrogens is 318 g/mol. The van der Waals surface area contributed by atoms with Gasteiger partial charge in [0.2, 0.25) is 0 Å². The van der Waals surface area contributed by atoms with E-state index in [0.717, 1.165) is 0 Å². The van der Waals surface area contributed by atoms with Crippen molar-refractivity contribution in [2.24, 2.45) is 5.11 Å². The van der Waals surface area contributed by atoms with Gasteiger partial charge in [-0.3, -0.25) is 0 Å². The third-order valence-electron chi connectivity index (χ3n) is 2.52. The molecule has 0 aliphatic heterocycles. The number of nitrogens with zero attached hydrogens (tertiary/aromatic N) is 3. The Bertz CT molecular complexity index is 290. The van der Waals surface area contributed by atoms with Crippen molar-refractivity contribution < 1.29 is 28.4 Å². The summed E-state index contributed by atoms with van der Waals surface area (Å²) < 4.78 is 31.7. The van der Waals surface area contributed by atoms with Gasteiger partial charge in [-0.25, -0.2) is 0 Å². The van der Waals surface area contributed by atoms with Gasteiger partial charge in [-0.05, 0) is 18.9 Å². The minimum atomic E-state index is 0.340. The topological polar surface area (TPSA) is 104 Å². The summed E-state index contributed by atoms with van der Waals surface area (Å²) in [5.41, 5.74) is 8.06. The lowest BCUT2D eigenvalue weighted by atomic mass is 10.5. The van der Waals surface area contributed by atoms with Crippen LogP contribution in [0.2, 0.25) is 0 Å². The summed E-state index contributed by atoms with van der Waals surface area (Å²) in [7, 11) is 0. The normalized spacial score (nSPS) is 10.7. The Morgan fingerprint density at radius 1 is 0.583 bits per heavy atom. The molecule has 9 nitrogen and oxygen atoms in total. The first-order valence-electron chi connectivity index (χ1n) is 8.09. The molecule has 0 saturated heterocycles. The van der Waals surface area contributed by atoms with Crippen LogP contribution in [-0.2, 0) is 28.4 Å². The molecule has 140 valence electrons. The molecule has 0 aromatic rings. The molecular formula is C15H29N3O6. The van der Waals surface area contributed by atoms with Crippen LogP contribution in [0.3, 0.4) is 0 Å². The molecule has 0 saturated carbocycles. The monoisotopic (exact) mass is 347 g/mol. The molecule has 0 N–H and O–H groups in total. The zero-order valence-electron chi connectivity index (χ0n) is 14.3. The number of ether oxygens (including phenoxy) is 6. The third kappa shape index (κ3) is 21.1. The second-order valence-electron chi connectivity index (χ2n) is 4.42. The zero-order chi connectivity index (χ0) is 17.6. The van der Waals surface area contributed by atoms with E-state index in [-0.39, 0.29) is 0 Å². The van der Waals surface area contributed by atoms with Crippen molar-refractivity contribution in [2.45, 2.75) is 6.42 Å². The zero-order valence-corrected chi connectivity index (χ0v) is 14.3. The maximum Gasteiger partial charge on any atom is 0.0701 e. The average Bonchev–Trinajstić information content (AvgIpc) is 2.60. The van der Waals surface area contributed by atoms with Crippen LogP contribution < -0.4 is 0 Å². The Kier molecular flexibility index (Phi) is 21.2. The number of hydrogen-bond donors (Lipinski definition) is 0. The predicted molar refractivity (Wildman–Crippen MR) is 87.8 cm³/mol. The third-order valence-corrected chi connectivity index (χ3v) is 2.52. The Labute approximate surface area is 144 Å². The standard InChI is InChI=1S/C15H29N3O6/c1-2-4-19-6-8-21-10-12-23-14-15-24-13-11-22-9-7-20-5-3-17-18-16/h1H,2-15H2. The molecule has 0 aliphatic carbocycles. The van der Waals surface area contributed by atoms with E-state index in [1.165, 1.54) is 0 Å². The first-order valence-corrected chi connectivity index (χ1v) is 8.09. The molecule has 0 amide bonds. The van der Waals surface area contributed by atoms with Gasteiger partial charge in [0, 0.05) is 18.1 Å². The van der Waals surface area contributed by atoms with E-state index in [2.05, 4.69) is 10.0 Å². The van der Waals surface area contributed by atoms with Gasteiger partial charge < -0.3 is 28.4 Å². The Morgan fingerprint density at radius 3 is 1.25 bits per heavy atom. The molecule has 0 aromatic carbocycles. The molecule has 24 heavy (non-hydrogen) atoms. The van der Waals surface area contributed by atoms with E-state index in [9.17, 15) is 0 Å². The van der Waals surface area contributed by atoms with Gasteiger partial charge in [-0.1, -0.05) is 5.11 Å². The van der Waals surface area contributed by atoms with Crippen LogP contribution in [0.4, 0.5) is 0 Å². The van der Waals surface area contributed by atoms with Crippen LogP contribution in [0.5, 0.6) is 0 Å². The molecule has 0 aromatic heterocycles. The Balaban J connectivity index is 2.96. The van der Waals surface area contributed by atoms with E-state index < -0.39 is 0 Å². The molecule has 9 heteroatoms. The summed E-state index contributed by atoms with van der Waals surface area (Å²) in [4.78, 5) is 2.62. The van der Waals surface area contributed by atoms with Crippen LogP contribution in [0.15, 0.2) is 5.11 Å². The van der Waals surface area contributed by atoms with Crippen molar-refractivity contribution >= 4 is 0 Å². The fraction of sp³-hybridized carbons (Fsp3) is 0.933. The van der Waals surface area contributed by atoms with Crippen LogP contribution >= 0.6 is 0 Å². The number of azide groups is 1. The van der Waals surface area contributed by atoms with E-state index in [0.29, 0.717) is 92.2 Å². The molecule has 0 heterocycles. The largest absolute Gasteiger partial charge is 0.379 e. The van der Waals surface area contributed by atoms with Crippen molar-refractivity contribution in [1.29, 1.82) is 0 Å². The second kappa shape index (κ2) is 22.1. The smallest absolute Gasteiger partial charge is 0.0701 e. The van der Waals surface area contributed by atoms with Crippen LogP contribution in [0, 0.1) is 6.92 Å². The van der Waals surface area contributed by atoms with Gasteiger partial charge in [-0.15, -0.1) is 0 Å². The summed E-state index contributed by atoms with van der Waals surface area (Å²) in [5.74, 6) is 0. The molecule has 0 aliphatic rings. The van der Waals surface area contributed by atoms with Crippen LogP contribution in [-0.4, -0.2) is 85.8 Å². The highest BCUT2D eigenvalue weighted by Gasteiger charge is 1.93. The molecule has 2 radical (unpaired) electrons. The Morgan fingerprint density at radius 2 is 0.917 bits per heavy atom. The van der Waals surface area contributed by atoms with Gasteiger partial charge in [0.15, 0.2) is 0 Å². The van der Waals surface area contributed by atoms with E-state index in [1.807, 2.05) is 0 Å². The van der Waals surface area contributed by atoms with Crippen molar-refractivity contribution in [3.63, 3.8) is 0 Å². The highest BCUT2D eigenvalue weighted by atomic mass is 16.6. The van der Waals surface area contributed by atoms with Gasteiger partial charge in [0.1, 0.15) is 0 Å². The summed E-state index contributed by atoms with van der Waals surface area (Å²) >= 11 is 0. The number of rotatable bonds is 20. The van der Waals surface area contributed by atoms with Crippen LogP contribution in [0.1, 0.15) is 6.42 Å². The first kappa shape index (κ1) is 23.1. The average molecular weight is 347 g/mol. The lowest BCUT2D eigenvalue weighted by Crippen LogP contribution is -2.14. The van der Waals surface area contributed by atoms with Gasteiger partial charge in [0.25, 0.3) is 0 Å². The van der Waals surface area contributed by atoms with Crippen molar-refractivity contribution in [2.75, 3.05) is 85.8 Å². The first-order chi connectivity index (χ1) is 11.9. The maximum absolute atomic E-state index is 8.06. The van der Waals surface area contributed by atoms with Gasteiger partial charge in [-0.2, -0.15) is 0 Å². The summed E-state index contributed by atoms with van der Waals surface area (Å²) in [5, 5.41) is 3.35. The van der Waals surface area contributed by atoms with E-state index in [1.54, 1.807) is 0 Å². The van der Waals surface area contributed by atoms with Crippen molar-refractivity contribution in [3.05, 3.63) is 17.4 Å². The summed E-state index contributed by atoms with van der Waals surface area (Å²) in [6, 6.07) is 0. The summed E-state index contributed by atoms with van der Waals surface area (Å²) in [6.45, 7) is 11.8. The van der Waals surface area contributed by atoms with Crippen LogP contribution in [0.25, 0.3) is 10.4 Å². The summed E-state index contributed by atoms with van der Waals surface area (Å²) in [6.07, 6.45) is 0.529. The molecule has 0 atom stereocenters. The highest BCUT2D eigenvalue weighted by Crippen LogP contribution is 1.85. The fourth-order valence-corrected chi connectivity index (χ4v) is 1.44. The van der Waals surface area contributed by atoms with Crippen molar-refractivity contribution in [3.8, 4) is 0 Å². The molecule has 0 rings (SSSR count). The second-order valence-corrected chi connectivity index (χ2v) is 4.42. The molecule has 0 unspecified atom stereocenters. The van der Waals surface area contributed by atoms with E-state index in [4.69, 9.17) is 40.9 Å². The number of hydrogen-bond acceptors (Lipinski definition) is 7. The SMILES string of the molecule is [CH]CCOCCOCCOCCOCCOCCOCCN=[N+]=[N-]. The van der Waals surface area contributed by atoms with Gasteiger partial charge in [0.05, 0.1) is 72.7 Å². The minimum absolute atomic E-state index is 0.340. The van der Waals surface area contributed by atoms with E-state index >= 15 is 0 Å². The molecule has 0 bridgehead atoms.